The van der Waals surface area contributed by atoms with Gasteiger partial charge in [-0.3, -0.25) is 0 Å². The Morgan fingerprint density at radius 3 is 2.93 bits per heavy atom. The number of amidine groups is 1. The molecule has 6 heteroatoms. The summed E-state index contributed by atoms with van der Waals surface area (Å²) in [4.78, 5) is 4.46. The Morgan fingerprint density at radius 2 is 2.43 bits per heavy atom. The lowest BCUT2D eigenvalue weighted by Gasteiger charge is -1.97. The van der Waals surface area contributed by atoms with Crippen molar-refractivity contribution in [3.05, 3.63) is 16.1 Å². The number of hydrogen-bond donors (Lipinski definition) is 2. The van der Waals surface area contributed by atoms with E-state index in [0.717, 1.165) is 16.5 Å². The van der Waals surface area contributed by atoms with Crippen LogP contribution in [-0.4, -0.2) is 10.2 Å². The summed E-state index contributed by atoms with van der Waals surface area (Å²) in [6, 6.07) is 0. The molecule has 1 aromatic rings. The molecular weight excluding hydrogens is 216 g/mol. The second kappa shape index (κ2) is 5.21. The van der Waals surface area contributed by atoms with Crippen molar-refractivity contribution in [1.82, 2.24) is 4.98 Å². The molecule has 0 aliphatic carbocycles. The minimum atomic E-state index is 0.393. The standard InChI is InChI=1S/C8H14N4S2/c1-5(2)7-11-6(3-13-7)4-14-8(9)12-10/h3,5H,4,10H2,1-2H3,(H2,9,12). The predicted molar refractivity (Wildman–Crippen MR) is 63.3 cm³/mol. The molecule has 4 N–H and O–H groups in total. The molecular formula is C8H14N4S2. The molecule has 1 heterocycles. The Balaban J connectivity index is 2.52. The monoisotopic (exact) mass is 230 g/mol. The quantitative estimate of drug-likeness (QED) is 0.358. The van der Waals surface area contributed by atoms with E-state index in [1.165, 1.54) is 11.8 Å². The van der Waals surface area contributed by atoms with Crippen LogP contribution in [0.3, 0.4) is 0 Å². The third kappa shape index (κ3) is 3.19. The molecule has 0 bridgehead atoms. The largest absolute Gasteiger partial charge is 0.377 e. The summed E-state index contributed by atoms with van der Waals surface area (Å²) in [5.41, 5.74) is 6.49. The highest BCUT2D eigenvalue weighted by Crippen LogP contribution is 2.21. The molecule has 1 rings (SSSR count). The van der Waals surface area contributed by atoms with E-state index < -0.39 is 0 Å². The van der Waals surface area contributed by atoms with Gasteiger partial charge >= 0.3 is 0 Å². The van der Waals surface area contributed by atoms with Gasteiger partial charge in [0.2, 0.25) is 0 Å². The maximum atomic E-state index is 5.45. The second-order valence-corrected chi connectivity index (χ2v) is 4.97. The minimum absolute atomic E-state index is 0.393. The van der Waals surface area contributed by atoms with Crippen LogP contribution in [0, 0.1) is 0 Å². The number of nitrogens with zero attached hydrogens (tertiary/aromatic N) is 2. The van der Waals surface area contributed by atoms with E-state index in [2.05, 4.69) is 23.9 Å². The summed E-state index contributed by atoms with van der Waals surface area (Å²) < 4.78 is 0. The third-order valence-corrected chi connectivity index (χ3v) is 3.59. The third-order valence-electron chi connectivity index (χ3n) is 1.56. The van der Waals surface area contributed by atoms with E-state index in [0.29, 0.717) is 11.1 Å². The van der Waals surface area contributed by atoms with E-state index in [4.69, 9.17) is 11.6 Å². The van der Waals surface area contributed by atoms with Gasteiger partial charge in [-0.2, -0.15) is 5.10 Å². The van der Waals surface area contributed by atoms with Crippen molar-refractivity contribution >= 4 is 28.3 Å². The molecule has 0 atom stereocenters. The van der Waals surface area contributed by atoms with Crippen LogP contribution in [0.25, 0.3) is 0 Å². The van der Waals surface area contributed by atoms with Crippen molar-refractivity contribution in [1.29, 1.82) is 0 Å². The molecule has 0 spiro atoms. The van der Waals surface area contributed by atoms with Crippen molar-refractivity contribution in [2.75, 3.05) is 0 Å². The molecule has 0 unspecified atom stereocenters. The molecule has 4 nitrogen and oxygen atoms in total. The van der Waals surface area contributed by atoms with Crippen LogP contribution in [0.15, 0.2) is 10.5 Å². The summed E-state index contributed by atoms with van der Waals surface area (Å²) in [7, 11) is 0. The van der Waals surface area contributed by atoms with Crippen LogP contribution >= 0.6 is 23.1 Å². The first-order chi connectivity index (χ1) is 6.63. The van der Waals surface area contributed by atoms with Crippen molar-refractivity contribution in [3.8, 4) is 0 Å². The fourth-order valence-corrected chi connectivity index (χ4v) is 2.30. The molecule has 0 amide bonds. The van der Waals surface area contributed by atoms with Crippen LogP contribution in [0.4, 0.5) is 0 Å². The van der Waals surface area contributed by atoms with Crippen LogP contribution in [0.5, 0.6) is 0 Å². The lowest BCUT2D eigenvalue weighted by Crippen LogP contribution is -2.09. The average Bonchev–Trinajstić information content (AvgIpc) is 2.62. The number of thiazole rings is 1. The molecule has 14 heavy (non-hydrogen) atoms. The minimum Gasteiger partial charge on any atom is -0.377 e. The first-order valence-electron chi connectivity index (χ1n) is 4.24. The molecule has 0 saturated carbocycles. The molecule has 0 saturated heterocycles. The zero-order chi connectivity index (χ0) is 10.6. The van der Waals surface area contributed by atoms with Gasteiger partial charge in [0.1, 0.15) is 0 Å². The van der Waals surface area contributed by atoms with Gasteiger partial charge in [-0.1, -0.05) is 25.6 Å². The SMILES string of the molecule is CC(C)c1nc(CSC(N)=NN)cs1. The fourth-order valence-electron chi connectivity index (χ4n) is 0.839. The Bertz CT molecular complexity index is 319. The highest BCUT2D eigenvalue weighted by Gasteiger charge is 2.06. The van der Waals surface area contributed by atoms with Crippen LogP contribution in [0.2, 0.25) is 0 Å². The molecule has 0 radical (unpaired) electrons. The highest BCUT2D eigenvalue weighted by atomic mass is 32.2. The zero-order valence-electron chi connectivity index (χ0n) is 8.23. The number of thioether (sulfide) groups is 1. The number of hydrogen-bond acceptors (Lipinski definition) is 5. The van der Waals surface area contributed by atoms with Gasteiger partial charge in [-0.25, -0.2) is 4.98 Å². The molecule has 0 aromatic carbocycles. The van der Waals surface area contributed by atoms with Gasteiger partial charge in [-0.05, 0) is 0 Å². The summed E-state index contributed by atoms with van der Waals surface area (Å²) >= 11 is 3.08. The summed E-state index contributed by atoms with van der Waals surface area (Å²) in [5, 5.41) is 6.98. The maximum absolute atomic E-state index is 5.45. The topological polar surface area (TPSA) is 77.3 Å². The lowest BCUT2D eigenvalue weighted by molar-refractivity contribution is 0.846. The predicted octanol–water partition coefficient (Wildman–Crippen LogP) is 1.69. The van der Waals surface area contributed by atoms with Crippen molar-refractivity contribution < 1.29 is 0 Å². The van der Waals surface area contributed by atoms with Crippen LogP contribution in [-0.2, 0) is 5.75 Å². The molecule has 78 valence electrons. The van der Waals surface area contributed by atoms with Gasteiger partial charge in [0.25, 0.3) is 0 Å². The van der Waals surface area contributed by atoms with E-state index in [9.17, 15) is 0 Å². The van der Waals surface area contributed by atoms with Crippen molar-refractivity contribution in [2.45, 2.75) is 25.5 Å². The lowest BCUT2D eigenvalue weighted by atomic mass is 10.2. The van der Waals surface area contributed by atoms with E-state index in [1.54, 1.807) is 11.3 Å². The van der Waals surface area contributed by atoms with Gasteiger partial charge in [-0.15, -0.1) is 11.3 Å². The number of nitrogens with two attached hydrogens (primary N) is 2. The first-order valence-corrected chi connectivity index (χ1v) is 6.10. The van der Waals surface area contributed by atoms with Gasteiger partial charge in [0, 0.05) is 17.1 Å². The van der Waals surface area contributed by atoms with E-state index in [1.807, 2.05) is 5.38 Å². The van der Waals surface area contributed by atoms with Crippen LogP contribution < -0.4 is 11.6 Å². The van der Waals surface area contributed by atoms with Crippen molar-refractivity contribution in [3.63, 3.8) is 0 Å². The Kier molecular flexibility index (Phi) is 4.21. The summed E-state index contributed by atoms with van der Waals surface area (Å²) in [6.45, 7) is 4.26. The van der Waals surface area contributed by atoms with Crippen LogP contribution in [0.1, 0.15) is 30.5 Å². The zero-order valence-corrected chi connectivity index (χ0v) is 9.86. The number of rotatable bonds is 3. The van der Waals surface area contributed by atoms with Crippen molar-refractivity contribution in [2.24, 2.45) is 16.7 Å². The smallest absolute Gasteiger partial charge is 0.177 e. The maximum Gasteiger partial charge on any atom is 0.177 e. The van der Waals surface area contributed by atoms with Gasteiger partial charge < -0.3 is 11.6 Å². The van der Waals surface area contributed by atoms with Gasteiger partial charge in [0.15, 0.2) is 5.17 Å². The molecule has 0 aliphatic rings. The molecule has 0 fully saturated rings. The number of aromatic nitrogens is 1. The number of hydrazone groups is 1. The first kappa shape index (κ1) is 11.3. The summed E-state index contributed by atoms with van der Waals surface area (Å²) in [5.74, 6) is 6.23. The Hall–Kier alpha value is -0.750. The normalized spacial score (nSPS) is 12.4. The average molecular weight is 230 g/mol. The highest BCUT2D eigenvalue weighted by molar-refractivity contribution is 8.13. The molecule has 0 aliphatic heterocycles. The summed E-state index contributed by atoms with van der Waals surface area (Å²) in [6.07, 6.45) is 0. The Morgan fingerprint density at radius 1 is 1.71 bits per heavy atom. The molecule has 1 aromatic heterocycles. The fraction of sp³-hybridized carbons (Fsp3) is 0.500. The van der Waals surface area contributed by atoms with E-state index >= 15 is 0 Å². The second-order valence-electron chi connectivity index (χ2n) is 3.09. The van der Waals surface area contributed by atoms with E-state index in [-0.39, 0.29) is 0 Å². The van der Waals surface area contributed by atoms with Gasteiger partial charge in [0.05, 0.1) is 10.7 Å². The Labute approximate surface area is 91.8 Å².